The maximum absolute atomic E-state index is 11.6. The summed E-state index contributed by atoms with van der Waals surface area (Å²) in [6, 6.07) is 10.9. The van der Waals surface area contributed by atoms with Crippen molar-refractivity contribution in [2.45, 2.75) is 0 Å². The van der Waals surface area contributed by atoms with Crippen molar-refractivity contribution >= 4 is 22.7 Å². The van der Waals surface area contributed by atoms with Crippen LogP contribution in [-0.2, 0) is 4.79 Å². The highest BCUT2D eigenvalue weighted by molar-refractivity contribution is 5.96. The highest BCUT2D eigenvalue weighted by atomic mass is 16.2. The molecule has 0 aliphatic rings. The molecule has 3 N–H and O–H groups in total. The van der Waals surface area contributed by atoms with E-state index in [4.69, 9.17) is 5.73 Å². The number of carbonyl (C=O) groups excluding carboxylic acids is 2. The molecular weight excluding hydrogens is 218 g/mol. The van der Waals surface area contributed by atoms with Gasteiger partial charge >= 0.3 is 0 Å². The summed E-state index contributed by atoms with van der Waals surface area (Å²) in [5, 5.41) is 3.34. The van der Waals surface area contributed by atoms with Crippen molar-refractivity contribution in [1.82, 2.24) is 10.3 Å². The number of hydrogen-bond donors (Lipinski definition) is 2. The first-order chi connectivity index (χ1) is 8.16. The first-order valence-electron chi connectivity index (χ1n) is 5.09. The number of fused-ring (bicyclic) bond motifs is 1. The van der Waals surface area contributed by atoms with E-state index in [0.29, 0.717) is 0 Å². The second-order valence-electron chi connectivity index (χ2n) is 3.54. The fraction of sp³-hybridized carbons (Fsp3) is 0.0833. The zero-order valence-corrected chi connectivity index (χ0v) is 9.01. The van der Waals surface area contributed by atoms with Gasteiger partial charge in [0.2, 0.25) is 5.91 Å². The van der Waals surface area contributed by atoms with Crippen LogP contribution in [-0.4, -0.2) is 23.3 Å². The van der Waals surface area contributed by atoms with Crippen molar-refractivity contribution in [2.24, 2.45) is 5.73 Å². The monoisotopic (exact) mass is 229 g/mol. The van der Waals surface area contributed by atoms with Crippen LogP contribution < -0.4 is 11.1 Å². The number of pyridine rings is 1. The maximum atomic E-state index is 11.6. The minimum atomic E-state index is -0.584. The Kier molecular flexibility index (Phi) is 3.00. The summed E-state index contributed by atoms with van der Waals surface area (Å²) in [6.07, 6.45) is 0. The van der Waals surface area contributed by atoms with E-state index >= 15 is 0 Å². The van der Waals surface area contributed by atoms with E-state index in [0.717, 1.165) is 10.9 Å². The van der Waals surface area contributed by atoms with Crippen molar-refractivity contribution in [1.29, 1.82) is 0 Å². The average molecular weight is 229 g/mol. The second kappa shape index (κ2) is 4.61. The third-order valence-electron chi connectivity index (χ3n) is 2.25. The van der Waals surface area contributed by atoms with Gasteiger partial charge in [0.1, 0.15) is 5.69 Å². The molecule has 0 fully saturated rings. The maximum Gasteiger partial charge on any atom is 0.270 e. The van der Waals surface area contributed by atoms with Crippen molar-refractivity contribution in [2.75, 3.05) is 6.54 Å². The van der Waals surface area contributed by atoms with E-state index in [-0.39, 0.29) is 12.2 Å². The molecule has 1 heterocycles. The first-order valence-corrected chi connectivity index (χ1v) is 5.09. The Morgan fingerprint density at radius 3 is 2.71 bits per heavy atom. The molecule has 2 rings (SSSR count). The number of carbonyl (C=O) groups is 2. The van der Waals surface area contributed by atoms with Crippen molar-refractivity contribution < 1.29 is 9.59 Å². The van der Waals surface area contributed by atoms with Crippen LogP contribution in [0.3, 0.4) is 0 Å². The van der Waals surface area contributed by atoms with E-state index < -0.39 is 11.8 Å². The Morgan fingerprint density at radius 2 is 1.94 bits per heavy atom. The molecule has 2 aromatic rings. The highest BCUT2D eigenvalue weighted by Crippen LogP contribution is 2.11. The Labute approximate surface area is 97.6 Å². The normalized spacial score (nSPS) is 10.1. The molecule has 0 unspecified atom stereocenters. The quantitative estimate of drug-likeness (QED) is 0.801. The van der Waals surface area contributed by atoms with Gasteiger partial charge in [0.15, 0.2) is 0 Å². The molecule has 0 aliphatic carbocycles. The lowest BCUT2D eigenvalue weighted by Crippen LogP contribution is -2.33. The van der Waals surface area contributed by atoms with Gasteiger partial charge in [-0.25, -0.2) is 4.98 Å². The minimum Gasteiger partial charge on any atom is -0.368 e. The number of aromatic nitrogens is 1. The molecule has 86 valence electrons. The first kappa shape index (κ1) is 11.1. The van der Waals surface area contributed by atoms with Crippen LogP contribution in [0.1, 0.15) is 10.5 Å². The van der Waals surface area contributed by atoms with Crippen LogP contribution in [0.25, 0.3) is 10.9 Å². The molecule has 0 saturated carbocycles. The topological polar surface area (TPSA) is 85.1 Å². The van der Waals surface area contributed by atoms with Gasteiger partial charge < -0.3 is 11.1 Å². The number of hydrogen-bond acceptors (Lipinski definition) is 3. The fourth-order valence-electron chi connectivity index (χ4n) is 1.45. The fourth-order valence-corrected chi connectivity index (χ4v) is 1.45. The van der Waals surface area contributed by atoms with Crippen LogP contribution in [0.15, 0.2) is 36.4 Å². The van der Waals surface area contributed by atoms with Crippen LogP contribution >= 0.6 is 0 Å². The van der Waals surface area contributed by atoms with E-state index in [1.807, 2.05) is 30.3 Å². The molecule has 5 nitrogen and oxygen atoms in total. The number of rotatable bonds is 3. The summed E-state index contributed by atoms with van der Waals surface area (Å²) in [5.74, 6) is -0.992. The number of benzene rings is 1. The lowest BCUT2D eigenvalue weighted by Gasteiger charge is -2.03. The molecule has 0 atom stereocenters. The number of primary amides is 1. The van der Waals surface area contributed by atoms with Crippen molar-refractivity contribution in [3.05, 3.63) is 42.1 Å². The van der Waals surface area contributed by atoms with Crippen LogP contribution in [0.2, 0.25) is 0 Å². The number of para-hydroxylation sites is 1. The lowest BCUT2D eigenvalue weighted by molar-refractivity contribution is -0.117. The third kappa shape index (κ3) is 2.57. The van der Waals surface area contributed by atoms with E-state index in [2.05, 4.69) is 10.3 Å². The van der Waals surface area contributed by atoms with Gasteiger partial charge in [-0.15, -0.1) is 0 Å². The Hall–Kier alpha value is -2.43. The van der Waals surface area contributed by atoms with E-state index in [1.54, 1.807) is 6.07 Å². The van der Waals surface area contributed by atoms with Crippen molar-refractivity contribution in [3.8, 4) is 0 Å². The zero-order valence-electron chi connectivity index (χ0n) is 9.01. The summed E-state index contributed by atoms with van der Waals surface area (Å²) in [5.41, 5.74) is 5.94. The predicted molar refractivity (Wildman–Crippen MR) is 63.3 cm³/mol. The largest absolute Gasteiger partial charge is 0.368 e. The van der Waals surface area contributed by atoms with Gasteiger partial charge in [0.25, 0.3) is 5.91 Å². The Morgan fingerprint density at radius 1 is 1.18 bits per heavy atom. The second-order valence-corrected chi connectivity index (χ2v) is 3.54. The summed E-state index contributed by atoms with van der Waals surface area (Å²) in [4.78, 5) is 26.3. The molecule has 2 amide bonds. The Balaban J connectivity index is 2.24. The van der Waals surface area contributed by atoms with Crippen molar-refractivity contribution in [3.63, 3.8) is 0 Å². The summed E-state index contributed by atoms with van der Waals surface area (Å²) >= 11 is 0. The van der Waals surface area contributed by atoms with Gasteiger partial charge in [-0.3, -0.25) is 9.59 Å². The summed E-state index contributed by atoms with van der Waals surface area (Å²) in [7, 11) is 0. The van der Waals surface area contributed by atoms with Crippen LogP contribution in [0, 0.1) is 0 Å². The molecular formula is C12H11N3O2. The molecule has 0 saturated heterocycles. The lowest BCUT2D eigenvalue weighted by atomic mass is 10.2. The van der Waals surface area contributed by atoms with Gasteiger partial charge in [0.05, 0.1) is 12.1 Å². The van der Waals surface area contributed by atoms with Crippen LogP contribution in [0.5, 0.6) is 0 Å². The van der Waals surface area contributed by atoms with Gasteiger partial charge in [-0.05, 0) is 12.1 Å². The predicted octanol–water partition coefficient (Wildman–Crippen LogP) is 0.450. The standard InChI is InChI=1S/C12H11N3O2/c13-11(16)7-14-12(17)10-6-5-8-3-1-2-4-9(8)15-10/h1-6H,7H2,(H2,13,16)(H,14,17). The Bertz CT molecular complexity index is 581. The molecule has 5 heteroatoms. The molecule has 1 aromatic carbocycles. The van der Waals surface area contributed by atoms with E-state index in [9.17, 15) is 9.59 Å². The van der Waals surface area contributed by atoms with Gasteiger partial charge in [-0.1, -0.05) is 24.3 Å². The molecule has 0 radical (unpaired) electrons. The molecule has 1 aromatic heterocycles. The average Bonchev–Trinajstić information content (AvgIpc) is 2.35. The smallest absolute Gasteiger partial charge is 0.270 e. The number of nitrogens with two attached hydrogens (primary N) is 1. The third-order valence-corrected chi connectivity index (χ3v) is 2.25. The van der Waals surface area contributed by atoms with Crippen LogP contribution in [0.4, 0.5) is 0 Å². The number of nitrogens with one attached hydrogen (secondary N) is 1. The molecule has 17 heavy (non-hydrogen) atoms. The SMILES string of the molecule is NC(=O)CNC(=O)c1ccc2ccccc2n1. The zero-order chi connectivity index (χ0) is 12.3. The molecule has 0 aliphatic heterocycles. The summed E-state index contributed by atoms with van der Waals surface area (Å²) < 4.78 is 0. The number of amides is 2. The molecule has 0 spiro atoms. The summed E-state index contributed by atoms with van der Waals surface area (Å²) in [6.45, 7) is -0.187. The van der Waals surface area contributed by atoms with Gasteiger partial charge in [0, 0.05) is 5.39 Å². The molecule has 0 bridgehead atoms. The number of nitrogens with zero attached hydrogens (tertiary/aromatic N) is 1. The highest BCUT2D eigenvalue weighted by Gasteiger charge is 2.08. The van der Waals surface area contributed by atoms with E-state index in [1.165, 1.54) is 0 Å². The minimum absolute atomic E-state index is 0.187. The van der Waals surface area contributed by atoms with Gasteiger partial charge in [-0.2, -0.15) is 0 Å².